The molecule has 1 aromatic heterocycles. The molecule has 0 bridgehead atoms. The zero-order chi connectivity index (χ0) is 22.4. The van der Waals surface area contributed by atoms with Crippen LogP contribution in [-0.4, -0.2) is 60.9 Å². The van der Waals surface area contributed by atoms with Crippen molar-refractivity contribution in [1.82, 2.24) is 9.47 Å². The highest BCUT2D eigenvalue weighted by Gasteiger charge is 2.28. The number of nitrogens with zero attached hydrogens (tertiary/aromatic N) is 2. The molecular formula is C23H30N2O6. The molecule has 1 saturated heterocycles. The Kier molecular flexibility index (Phi) is 7.44. The number of amides is 1. The Hall–Kier alpha value is -3.16. The first-order chi connectivity index (χ1) is 15.0. The van der Waals surface area contributed by atoms with Gasteiger partial charge in [-0.05, 0) is 42.7 Å². The number of likely N-dealkylation sites (tertiary alicyclic amines) is 1. The van der Waals surface area contributed by atoms with Crippen molar-refractivity contribution >= 4 is 11.9 Å². The number of aromatic nitrogens is 1. The van der Waals surface area contributed by atoms with Crippen molar-refractivity contribution < 1.29 is 28.9 Å². The fourth-order valence-electron chi connectivity index (χ4n) is 4.20. The third-order valence-electron chi connectivity index (χ3n) is 5.87. The second kappa shape index (κ2) is 10.2. The van der Waals surface area contributed by atoms with E-state index in [4.69, 9.17) is 14.2 Å². The van der Waals surface area contributed by atoms with Gasteiger partial charge in [-0.3, -0.25) is 9.59 Å². The number of ether oxygens (including phenoxy) is 3. The summed E-state index contributed by atoms with van der Waals surface area (Å²) in [6.45, 7) is 1.33. The summed E-state index contributed by atoms with van der Waals surface area (Å²) in [5.74, 6) is -0.189. The molecule has 31 heavy (non-hydrogen) atoms. The van der Waals surface area contributed by atoms with Crippen LogP contribution in [0.3, 0.4) is 0 Å². The molecule has 8 nitrogen and oxygen atoms in total. The van der Waals surface area contributed by atoms with Crippen LogP contribution in [0.5, 0.6) is 17.2 Å². The lowest BCUT2D eigenvalue weighted by atomic mass is 9.90. The number of carboxylic acid groups (broad SMARTS) is 1. The minimum absolute atomic E-state index is 0.0362. The van der Waals surface area contributed by atoms with Gasteiger partial charge in [0.1, 0.15) is 0 Å². The molecule has 3 rings (SSSR count). The monoisotopic (exact) mass is 430 g/mol. The highest BCUT2D eigenvalue weighted by molar-refractivity contribution is 5.79. The molecular weight excluding hydrogens is 400 g/mol. The summed E-state index contributed by atoms with van der Waals surface area (Å²) in [7, 11) is 4.52. The van der Waals surface area contributed by atoms with Crippen molar-refractivity contribution in [3.05, 3.63) is 42.2 Å². The first-order valence-corrected chi connectivity index (χ1v) is 10.4. The molecule has 1 amide bonds. The van der Waals surface area contributed by atoms with E-state index in [1.54, 1.807) is 12.1 Å². The standard InChI is InChI=1S/C23H30N2O6/c1-29-19-12-16(13-20(30-2)23(19)31-3)17(15-22(27)28)14-21(26)25-10-6-18(7-11-25)24-8-4-5-9-24/h4-5,8-9,12-13,17-18H,6-7,10-11,14-15H2,1-3H3,(H,27,28)/t17-/m0/s1. The number of rotatable bonds is 9. The van der Waals surface area contributed by atoms with Crippen LogP contribution in [0.25, 0.3) is 0 Å². The van der Waals surface area contributed by atoms with Gasteiger partial charge in [-0.25, -0.2) is 0 Å². The summed E-state index contributed by atoms with van der Waals surface area (Å²) >= 11 is 0. The van der Waals surface area contributed by atoms with Crippen LogP contribution in [0.2, 0.25) is 0 Å². The molecule has 0 spiro atoms. The molecule has 0 saturated carbocycles. The van der Waals surface area contributed by atoms with Gasteiger partial charge in [-0.15, -0.1) is 0 Å². The van der Waals surface area contributed by atoms with E-state index < -0.39 is 11.9 Å². The van der Waals surface area contributed by atoms with Crippen LogP contribution in [0.15, 0.2) is 36.7 Å². The molecule has 2 heterocycles. The largest absolute Gasteiger partial charge is 0.493 e. The molecule has 0 radical (unpaired) electrons. The fraction of sp³-hybridized carbons (Fsp3) is 0.478. The van der Waals surface area contributed by atoms with E-state index in [9.17, 15) is 14.7 Å². The van der Waals surface area contributed by atoms with Crippen LogP contribution in [0.1, 0.15) is 43.2 Å². The van der Waals surface area contributed by atoms with E-state index in [-0.39, 0.29) is 18.7 Å². The van der Waals surface area contributed by atoms with Gasteiger partial charge >= 0.3 is 5.97 Å². The Morgan fingerprint density at radius 1 is 1.00 bits per heavy atom. The Morgan fingerprint density at radius 3 is 2.06 bits per heavy atom. The third kappa shape index (κ3) is 5.31. The molecule has 8 heteroatoms. The number of methoxy groups -OCH3 is 3. The summed E-state index contributed by atoms with van der Waals surface area (Å²) in [6, 6.07) is 7.85. The van der Waals surface area contributed by atoms with Crippen LogP contribution >= 0.6 is 0 Å². The van der Waals surface area contributed by atoms with Gasteiger partial charge in [-0.2, -0.15) is 0 Å². The van der Waals surface area contributed by atoms with E-state index in [1.807, 2.05) is 17.0 Å². The molecule has 0 aliphatic carbocycles. The number of carbonyl (C=O) groups excluding carboxylic acids is 1. The average molecular weight is 431 g/mol. The highest BCUT2D eigenvalue weighted by atomic mass is 16.5. The molecule has 1 fully saturated rings. The van der Waals surface area contributed by atoms with Crippen molar-refractivity contribution in [3.63, 3.8) is 0 Å². The van der Waals surface area contributed by atoms with Crippen molar-refractivity contribution in [2.75, 3.05) is 34.4 Å². The van der Waals surface area contributed by atoms with E-state index >= 15 is 0 Å². The van der Waals surface area contributed by atoms with Gasteiger partial charge < -0.3 is 28.8 Å². The van der Waals surface area contributed by atoms with Crippen LogP contribution < -0.4 is 14.2 Å². The van der Waals surface area contributed by atoms with Crippen molar-refractivity contribution in [2.24, 2.45) is 0 Å². The predicted molar refractivity (Wildman–Crippen MR) is 115 cm³/mol. The van der Waals surface area contributed by atoms with Crippen LogP contribution in [0, 0.1) is 0 Å². The normalized spacial score (nSPS) is 15.4. The lowest BCUT2D eigenvalue weighted by Crippen LogP contribution is -2.39. The van der Waals surface area contributed by atoms with Gasteiger partial charge in [0.05, 0.1) is 27.8 Å². The smallest absolute Gasteiger partial charge is 0.303 e. The van der Waals surface area contributed by atoms with E-state index in [0.29, 0.717) is 41.9 Å². The third-order valence-corrected chi connectivity index (χ3v) is 5.87. The average Bonchev–Trinajstić information content (AvgIpc) is 3.32. The molecule has 168 valence electrons. The zero-order valence-electron chi connectivity index (χ0n) is 18.2. The molecule has 2 aromatic rings. The predicted octanol–water partition coefficient (Wildman–Crippen LogP) is 3.33. The second-order valence-electron chi connectivity index (χ2n) is 7.70. The number of carbonyl (C=O) groups is 2. The number of aliphatic carboxylic acids is 1. The molecule has 1 aromatic carbocycles. The van der Waals surface area contributed by atoms with Crippen LogP contribution in [-0.2, 0) is 9.59 Å². The first kappa shape index (κ1) is 22.5. The Balaban J connectivity index is 1.74. The van der Waals surface area contributed by atoms with E-state index in [2.05, 4.69) is 17.0 Å². The lowest BCUT2D eigenvalue weighted by molar-refractivity contribution is -0.138. The SMILES string of the molecule is COc1cc([C@H](CC(=O)O)CC(=O)N2CCC(n3cccc3)CC2)cc(OC)c1OC. The Morgan fingerprint density at radius 2 is 1.58 bits per heavy atom. The van der Waals surface area contributed by atoms with Crippen LogP contribution in [0.4, 0.5) is 0 Å². The number of carboxylic acids is 1. The van der Waals surface area contributed by atoms with Gasteiger partial charge in [-0.1, -0.05) is 0 Å². The van der Waals surface area contributed by atoms with Gasteiger partial charge in [0, 0.05) is 43.9 Å². The molecule has 1 N–H and O–H groups in total. The number of piperidine rings is 1. The highest BCUT2D eigenvalue weighted by Crippen LogP contribution is 2.41. The number of hydrogen-bond donors (Lipinski definition) is 1. The van der Waals surface area contributed by atoms with Crippen molar-refractivity contribution in [3.8, 4) is 17.2 Å². The summed E-state index contributed by atoms with van der Waals surface area (Å²) in [4.78, 5) is 26.4. The van der Waals surface area contributed by atoms with Gasteiger partial charge in [0.15, 0.2) is 11.5 Å². The summed E-state index contributed by atoms with van der Waals surface area (Å²) in [5, 5.41) is 9.45. The summed E-state index contributed by atoms with van der Waals surface area (Å²) in [6.07, 6.45) is 5.82. The summed E-state index contributed by atoms with van der Waals surface area (Å²) < 4.78 is 18.3. The summed E-state index contributed by atoms with van der Waals surface area (Å²) in [5.41, 5.74) is 0.674. The topological polar surface area (TPSA) is 90.2 Å². The minimum atomic E-state index is -0.960. The maximum Gasteiger partial charge on any atom is 0.303 e. The quantitative estimate of drug-likeness (QED) is 0.656. The molecule has 1 atom stereocenters. The molecule has 1 aliphatic rings. The maximum absolute atomic E-state index is 13.0. The maximum atomic E-state index is 13.0. The number of benzene rings is 1. The van der Waals surface area contributed by atoms with Gasteiger partial charge in [0.2, 0.25) is 11.7 Å². The lowest BCUT2D eigenvalue weighted by Gasteiger charge is -2.33. The minimum Gasteiger partial charge on any atom is -0.493 e. The van der Waals surface area contributed by atoms with Gasteiger partial charge in [0.25, 0.3) is 0 Å². The Bertz CT molecular complexity index is 862. The second-order valence-corrected chi connectivity index (χ2v) is 7.70. The molecule has 1 aliphatic heterocycles. The van der Waals surface area contributed by atoms with Crippen molar-refractivity contribution in [1.29, 1.82) is 0 Å². The van der Waals surface area contributed by atoms with E-state index in [1.165, 1.54) is 21.3 Å². The zero-order valence-corrected chi connectivity index (χ0v) is 18.2. The van der Waals surface area contributed by atoms with E-state index in [0.717, 1.165) is 12.8 Å². The van der Waals surface area contributed by atoms with Crippen molar-refractivity contribution in [2.45, 2.75) is 37.6 Å². The first-order valence-electron chi connectivity index (χ1n) is 10.4. The number of hydrogen-bond acceptors (Lipinski definition) is 5. The fourth-order valence-corrected chi connectivity index (χ4v) is 4.20. The Labute approximate surface area is 182 Å². The molecule has 0 unspecified atom stereocenters.